The molecule has 0 fully saturated rings. The van der Waals surface area contributed by atoms with Gasteiger partial charge in [0.25, 0.3) is 0 Å². The summed E-state index contributed by atoms with van der Waals surface area (Å²) in [7, 11) is 1.69. The molecular weight excluding hydrogens is 242 g/mol. The summed E-state index contributed by atoms with van der Waals surface area (Å²) in [4.78, 5) is 1.28. The van der Waals surface area contributed by atoms with Crippen molar-refractivity contribution in [3.05, 3.63) is 54.1 Å². The maximum Gasteiger partial charge on any atom is 0.119 e. The second-order valence-electron chi connectivity index (χ2n) is 3.93. The molecule has 0 heterocycles. The number of hydrogen-bond acceptors (Lipinski definition) is 3. The van der Waals surface area contributed by atoms with Crippen LogP contribution in [0, 0.1) is 0 Å². The van der Waals surface area contributed by atoms with Gasteiger partial charge in [-0.15, -0.1) is 11.8 Å². The first kappa shape index (κ1) is 12.8. The second kappa shape index (κ2) is 6.36. The standard InChI is InChI=1S/C15H17NOS/c1-17-14-5-3-4-12(10-14)11-16-13-6-8-15(18-2)9-7-13/h3-10,16H,11H2,1-2H3. The minimum absolute atomic E-state index is 0.801. The molecule has 0 saturated heterocycles. The summed E-state index contributed by atoms with van der Waals surface area (Å²) in [6.07, 6.45) is 2.08. The van der Waals surface area contributed by atoms with E-state index >= 15 is 0 Å². The maximum absolute atomic E-state index is 5.21. The fourth-order valence-corrected chi connectivity index (χ4v) is 2.10. The molecule has 0 aliphatic rings. The zero-order chi connectivity index (χ0) is 12.8. The SMILES string of the molecule is COc1cccc(CNc2ccc(SC)cc2)c1. The predicted molar refractivity (Wildman–Crippen MR) is 78.5 cm³/mol. The van der Waals surface area contributed by atoms with E-state index < -0.39 is 0 Å². The Hall–Kier alpha value is -1.61. The third-order valence-electron chi connectivity index (χ3n) is 2.72. The monoisotopic (exact) mass is 259 g/mol. The van der Waals surface area contributed by atoms with E-state index in [1.54, 1.807) is 18.9 Å². The van der Waals surface area contributed by atoms with Crippen LogP contribution in [0.3, 0.4) is 0 Å². The quantitative estimate of drug-likeness (QED) is 0.819. The molecule has 0 saturated carbocycles. The van der Waals surface area contributed by atoms with E-state index in [9.17, 15) is 0 Å². The minimum Gasteiger partial charge on any atom is -0.497 e. The van der Waals surface area contributed by atoms with Gasteiger partial charge in [0, 0.05) is 17.1 Å². The summed E-state index contributed by atoms with van der Waals surface area (Å²) in [6.45, 7) is 0.801. The highest BCUT2D eigenvalue weighted by atomic mass is 32.2. The van der Waals surface area contributed by atoms with Gasteiger partial charge < -0.3 is 10.1 Å². The number of methoxy groups -OCH3 is 1. The number of benzene rings is 2. The third kappa shape index (κ3) is 3.44. The van der Waals surface area contributed by atoms with Gasteiger partial charge >= 0.3 is 0 Å². The summed E-state index contributed by atoms with van der Waals surface area (Å²) in [5, 5.41) is 3.40. The zero-order valence-electron chi connectivity index (χ0n) is 10.6. The number of thioether (sulfide) groups is 1. The Morgan fingerprint density at radius 1 is 1.11 bits per heavy atom. The summed E-state index contributed by atoms with van der Waals surface area (Å²) in [5.74, 6) is 0.895. The van der Waals surface area contributed by atoms with E-state index in [4.69, 9.17) is 4.74 Å². The Morgan fingerprint density at radius 2 is 1.89 bits per heavy atom. The van der Waals surface area contributed by atoms with Crippen LogP contribution in [0.25, 0.3) is 0 Å². The highest BCUT2D eigenvalue weighted by molar-refractivity contribution is 7.98. The first-order chi connectivity index (χ1) is 8.81. The molecule has 0 aliphatic carbocycles. The normalized spacial score (nSPS) is 10.1. The molecule has 3 heteroatoms. The first-order valence-corrected chi connectivity index (χ1v) is 7.05. The van der Waals surface area contributed by atoms with E-state index in [1.165, 1.54) is 10.5 Å². The average Bonchev–Trinajstić information content (AvgIpc) is 2.46. The number of nitrogens with one attached hydrogen (secondary N) is 1. The lowest BCUT2D eigenvalue weighted by molar-refractivity contribution is 0.414. The van der Waals surface area contributed by atoms with E-state index in [2.05, 4.69) is 41.9 Å². The fourth-order valence-electron chi connectivity index (χ4n) is 1.70. The predicted octanol–water partition coefficient (Wildman–Crippen LogP) is 4.03. The van der Waals surface area contributed by atoms with Gasteiger partial charge in [-0.05, 0) is 48.2 Å². The largest absolute Gasteiger partial charge is 0.497 e. The molecule has 0 aliphatic heterocycles. The highest BCUT2D eigenvalue weighted by Gasteiger charge is 1.97. The van der Waals surface area contributed by atoms with Crippen molar-refractivity contribution in [3.63, 3.8) is 0 Å². The minimum atomic E-state index is 0.801. The summed E-state index contributed by atoms with van der Waals surface area (Å²) in [6, 6.07) is 16.5. The van der Waals surface area contributed by atoms with Crippen LogP contribution in [0.1, 0.15) is 5.56 Å². The zero-order valence-corrected chi connectivity index (χ0v) is 11.5. The van der Waals surface area contributed by atoms with Crippen molar-refractivity contribution >= 4 is 17.4 Å². The van der Waals surface area contributed by atoms with Crippen LogP contribution in [0.2, 0.25) is 0 Å². The van der Waals surface area contributed by atoms with Crippen LogP contribution < -0.4 is 10.1 Å². The second-order valence-corrected chi connectivity index (χ2v) is 4.81. The maximum atomic E-state index is 5.21. The number of anilines is 1. The van der Waals surface area contributed by atoms with E-state index in [0.29, 0.717) is 0 Å². The molecule has 0 aromatic heterocycles. The molecule has 94 valence electrons. The molecule has 0 bridgehead atoms. The van der Waals surface area contributed by atoms with Gasteiger partial charge in [0.15, 0.2) is 0 Å². The Kier molecular flexibility index (Phi) is 4.53. The summed E-state index contributed by atoms with van der Waals surface area (Å²) < 4.78 is 5.21. The van der Waals surface area contributed by atoms with Crippen molar-refractivity contribution in [2.24, 2.45) is 0 Å². The molecule has 2 aromatic rings. The van der Waals surface area contributed by atoms with Crippen molar-refractivity contribution in [2.75, 3.05) is 18.7 Å². The van der Waals surface area contributed by atoms with Crippen LogP contribution in [0.5, 0.6) is 5.75 Å². The highest BCUT2D eigenvalue weighted by Crippen LogP contribution is 2.18. The molecule has 2 nitrogen and oxygen atoms in total. The van der Waals surface area contributed by atoms with Crippen molar-refractivity contribution in [1.82, 2.24) is 0 Å². The van der Waals surface area contributed by atoms with Crippen LogP contribution >= 0.6 is 11.8 Å². The van der Waals surface area contributed by atoms with Crippen LogP contribution in [0.4, 0.5) is 5.69 Å². The summed E-state index contributed by atoms with van der Waals surface area (Å²) >= 11 is 1.75. The molecule has 0 radical (unpaired) electrons. The molecule has 0 atom stereocenters. The molecule has 18 heavy (non-hydrogen) atoms. The lowest BCUT2D eigenvalue weighted by Crippen LogP contribution is -1.99. The molecule has 1 N–H and O–H groups in total. The van der Waals surface area contributed by atoms with Crippen molar-refractivity contribution in [1.29, 1.82) is 0 Å². The van der Waals surface area contributed by atoms with Crippen LogP contribution in [-0.4, -0.2) is 13.4 Å². The van der Waals surface area contributed by atoms with Gasteiger partial charge in [-0.3, -0.25) is 0 Å². The van der Waals surface area contributed by atoms with Gasteiger partial charge in [0.2, 0.25) is 0 Å². The molecular formula is C15H17NOS. The Morgan fingerprint density at radius 3 is 2.56 bits per heavy atom. The van der Waals surface area contributed by atoms with Gasteiger partial charge in [0.1, 0.15) is 5.75 Å². The van der Waals surface area contributed by atoms with Gasteiger partial charge in [-0.25, -0.2) is 0 Å². The van der Waals surface area contributed by atoms with Gasteiger partial charge in [-0.2, -0.15) is 0 Å². The van der Waals surface area contributed by atoms with E-state index in [1.807, 2.05) is 18.2 Å². The molecule has 0 amide bonds. The van der Waals surface area contributed by atoms with Crippen molar-refractivity contribution in [3.8, 4) is 5.75 Å². The lowest BCUT2D eigenvalue weighted by Gasteiger charge is -2.08. The number of hydrogen-bond donors (Lipinski definition) is 1. The van der Waals surface area contributed by atoms with E-state index in [-0.39, 0.29) is 0 Å². The third-order valence-corrected chi connectivity index (χ3v) is 3.46. The molecule has 0 unspecified atom stereocenters. The van der Waals surface area contributed by atoms with Crippen molar-refractivity contribution < 1.29 is 4.74 Å². The number of rotatable bonds is 5. The van der Waals surface area contributed by atoms with E-state index in [0.717, 1.165) is 18.0 Å². The molecule has 0 spiro atoms. The lowest BCUT2D eigenvalue weighted by atomic mass is 10.2. The Labute approximate surface area is 112 Å². The van der Waals surface area contributed by atoms with Crippen LogP contribution in [0.15, 0.2) is 53.4 Å². The first-order valence-electron chi connectivity index (χ1n) is 5.82. The Balaban J connectivity index is 1.97. The average molecular weight is 259 g/mol. The van der Waals surface area contributed by atoms with Crippen LogP contribution in [-0.2, 0) is 6.54 Å². The smallest absolute Gasteiger partial charge is 0.119 e. The number of ether oxygens (including phenoxy) is 1. The van der Waals surface area contributed by atoms with Crippen molar-refractivity contribution in [2.45, 2.75) is 11.4 Å². The molecule has 2 aromatic carbocycles. The molecule has 2 rings (SSSR count). The topological polar surface area (TPSA) is 21.3 Å². The fraction of sp³-hybridized carbons (Fsp3) is 0.200. The van der Waals surface area contributed by atoms with Gasteiger partial charge in [-0.1, -0.05) is 12.1 Å². The summed E-state index contributed by atoms with van der Waals surface area (Å²) in [5.41, 5.74) is 2.35. The van der Waals surface area contributed by atoms with Gasteiger partial charge in [0.05, 0.1) is 7.11 Å². The Bertz CT molecular complexity index is 496.